The molecule has 1 fully saturated rings. The number of furan rings is 1. The highest BCUT2D eigenvalue weighted by atomic mass is 79.9. The molecule has 0 saturated carbocycles. The first-order valence-corrected chi connectivity index (χ1v) is 8.76. The lowest BCUT2D eigenvalue weighted by molar-refractivity contribution is -0.125. The van der Waals surface area contributed by atoms with Crippen molar-refractivity contribution in [2.24, 2.45) is 0 Å². The van der Waals surface area contributed by atoms with Crippen LogP contribution in [0, 0.1) is 0 Å². The van der Waals surface area contributed by atoms with Gasteiger partial charge < -0.3 is 14.6 Å². The van der Waals surface area contributed by atoms with Crippen LogP contribution in [-0.2, 0) is 4.79 Å². The van der Waals surface area contributed by atoms with E-state index in [4.69, 9.17) is 4.42 Å². The van der Waals surface area contributed by atoms with Gasteiger partial charge in [0.15, 0.2) is 5.76 Å². The fourth-order valence-electron chi connectivity index (χ4n) is 2.99. The summed E-state index contributed by atoms with van der Waals surface area (Å²) in [6.45, 7) is 2.51. The Hall–Kier alpha value is -2.08. The topological polar surface area (TPSA) is 62.6 Å². The average molecular weight is 391 g/mol. The van der Waals surface area contributed by atoms with Crippen molar-refractivity contribution in [3.63, 3.8) is 0 Å². The summed E-state index contributed by atoms with van der Waals surface area (Å²) in [6.07, 6.45) is 2.95. The van der Waals surface area contributed by atoms with Crippen LogP contribution in [0.25, 0.3) is 0 Å². The van der Waals surface area contributed by atoms with Gasteiger partial charge in [0.05, 0.1) is 12.3 Å². The second-order valence-electron chi connectivity index (χ2n) is 5.92. The van der Waals surface area contributed by atoms with E-state index >= 15 is 0 Å². The normalized spacial score (nSPS) is 18.4. The Bertz CT molecular complexity index is 730. The summed E-state index contributed by atoms with van der Waals surface area (Å²) in [5, 5.41) is 3.01. The van der Waals surface area contributed by atoms with E-state index in [1.54, 1.807) is 17.0 Å². The van der Waals surface area contributed by atoms with Crippen LogP contribution in [0.3, 0.4) is 0 Å². The summed E-state index contributed by atoms with van der Waals surface area (Å²) >= 11 is 3.44. The van der Waals surface area contributed by atoms with E-state index in [1.807, 2.05) is 31.2 Å². The van der Waals surface area contributed by atoms with Crippen LogP contribution in [0.1, 0.15) is 41.9 Å². The number of hydrogen-bond donors (Lipinski definition) is 1. The third kappa shape index (κ3) is 3.53. The summed E-state index contributed by atoms with van der Waals surface area (Å²) in [5.41, 5.74) is 1.01. The molecular weight excluding hydrogens is 372 g/mol. The van der Waals surface area contributed by atoms with Crippen LogP contribution in [0.5, 0.6) is 0 Å². The Labute approximate surface area is 149 Å². The molecule has 2 unspecified atom stereocenters. The molecule has 2 heterocycles. The molecule has 3 rings (SSSR count). The number of nitrogens with zero attached hydrogens (tertiary/aromatic N) is 1. The number of amides is 2. The van der Waals surface area contributed by atoms with Crippen molar-refractivity contribution in [3.8, 4) is 0 Å². The highest BCUT2D eigenvalue weighted by molar-refractivity contribution is 9.10. The number of carbonyl (C=O) groups is 2. The quantitative estimate of drug-likeness (QED) is 0.868. The van der Waals surface area contributed by atoms with Crippen molar-refractivity contribution >= 4 is 27.7 Å². The first kappa shape index (κ1) is 16.8. The molecular formula is C18H19BrN2O3. The van der Waals surface area contributed by atoms with Crippen molar-refractivity contribution < 1.29 is 14.0 Å². The second kappa shape index (κ2) is 7.21. The zero-order chi connectivity index (χ0) is 17.1. The van der Waals surface area contributed by atoms with Gasteiger partial charge >= 0.3 is 0 Å². The lowest BCUT2D eigenvalue weighted by Gasteiger charge is -2.25. The van der Waals surface area contributed by atoms with E-state index < -0.39 is 6.04 Å². The smallest absolute Gasteiger partial charge is 0.290 e. The van der Waals surface area contributed by atoms with Crippen LogP contribution in [-0.4, -0.2) is 29.3 Å². The number of hydrogen-bond acceptors (Lipinski definition) is 3. The van der Waals surface area contributed by atoms with Crippen molar-refractivity contribution in [2.75, 3.05) is 6.54 Å². The molecule has 1 aliphatic heterocycles. The predicted molar refractivity (Wildman–Crippen MR) is 93.5 cm³/mol. The summed E-state index contributed by atoms with van der Waals surface area (Å²) < 4.78 is 6.14. The van der Waals surface area contributed by atoms with Gasteiger partial charge in [0.1, 0.15) is 6.04 Å². The Morgan fingerprint density at radius 2 is 2.17 bits per heavy atom. The maximum atomic E-state index is 12.7. The molecule has 2 aromatic rings. The van der Waals surface area contributed by atoms with E-state index in [0.717, 1.165) is 16.5 Å². The lowest BCUT2D eigenvalue weighted by Crippen LogP contribution is -2.46. The maximum absolute atomic E-state index is 12.7. The summed E-state index contributed by atoms with van der Waals surface area (Å²) in [5.74, 6) is -0.0811. The highest BCUT2D eigenvalue weighted by Crippen LogP contribution is 2.23. The van der Waals surface area contributed by atoms with E-state index in [9.17, 15) is 9.59 Å². The molecule has 24 heavy (non-hydrogen) atoms. The first-order chi connectivity index (χ1) is 11.6. The molecule has 2 amide bonds. The van der Waals surface area contributed by atoms with Gasteiger partial charge in [0, 0.05) is 11.0 Å². The SMILES string of the molecule is CC(NC(=O)C1CCCN1C(=O)c1ccco1)c1cccc(Br)c1. The minimum atomic E-state index is -0.447. The van der Waals surface area contributed by atoms with Crippen LogP contribution < -0.4 is 5.32 Å². The molecule has 6 heteroatoms. The molecule has 1 saturated heterocycles. The fraction of sp³-hybridized carbons (Fsp3) is 0.333. The Morgan fingerprint density at radius 3 is 2.88 bits per heavy atom. The van der Waals surface area contributed by atoms with Gasteiger partial charge in [-0.3, -0.25) is 9.59 Å². The van der Waals surface area contributed by atoms with Gasteiger partial charge in [-0.2, -0.15) is 0 Å². The molecule has 0 aliphatic carbocycles. The van der Waals surface area contributed by atoms with Gasteiger partial charge in [-0.25, -0.2) is 0 Å². The zero-order valence-electron chi connectivity index (χ0n) is 13.4. The standard InChI is InChI=1S/C18H19BrN2O3/c1-12(13-5-2-6-14(19)11-13)20-17(22)15-7-3-9-21(15)18(23)16-8-4-10-24-16/h2,4-6,8,10-12,15H,3,7,9H2,1H3,(H,20,22). The molecule has 1 aliphatic rings. The van der Waals surface area contributed by atoms with Gasteiger partial charge in [-0.05, 0) is 49.6 Å². The van der Waals surface area contributed by atoms with Crippen LogP contribution in [0.15, 0.2) is 51.6 Å². The molecule has 126 valence electrons. The van der Waals surface area contributed by atoms with Crippen LogP contribution in [0.4, 0.5) is 0 Å². The van der Waals surface area contributed by atoms with E-state index in [1.165, 1.54) is 6.26 Å². The molecule has 1 aromatic heterocycles. The molecule has 0 spiro atoms. The lowest BCUT2D eigenvalue weighted by atomic mass is 10.1. The van der Waals surface area contributed by atoms with E-state index in [0.29, 0.717) is 13.0 Å². The van der Waals surface area contributed by atoms with Gasteiger partial charge in [-0.15, -0.1) is 0 Å². The molecule has 0 radical (unpaired) electrons. The number of rotatable bonds is 4. The predicted octanol–water partition coefficient (Wildman–Crippen LogP) is 3.52. The van der Waals surface area contributed by atoms with Crippen molar-refractivity contribution in [3.05, 3.63) is 58.5 Å². The summed E-state index contributed by atoms with van der Waals surface area (Å²) in [7, 11) is 0. The highest BCUT2D eigenvalue weighted by Gasteiger charge is 2.35. The van der Waals surface area contributed by atoms with Gasteiger partial charge in [-0.1, -0.05) is 28.1 Å². The Morgan fingerprint density at radius 1 is 1.33 bits per heavy atom. The third-order valence-corrected chi connectivity index (χ3v) is 4.75. The number of halogens is 1. The molecule has 1 N–H and O–H groups in total. The van der Waals surface area contributed by atoms with Crippen LogP contribution in [0.2, 0.25) is 0 Å². The number of benzene rings is 1. The number of nitrogens with one attached hydrogen (secondary N) is 1. The van der Waals surface area contributed by atoms with Crippen LogP contribution >= 0.6 is 15.9 Å². The Kier molecular flexibility index (Phi) is 5.04. The number of carbonyl (C=O) groups excluding carboxylic acids is 2. The monoisotopic (exact) mass is 390 g/mol. The minimum absolute atomic E-state index is 0.125. The maximum Gasteiger partial charge on any atom is 0.290 e. The van der Waals surface area contributed by atoms with Crippen molar-refractivity contribution in [1.82, 2.24) is 10.2 Å². The largest absolute Gasteiger partial charge is 0.459 e. The van der Waals surface area contributed by atoms with Crippen molar-refractivity contribution in [2.45, 2.75) is 31.8 Å². The minimum Gasteiger partial charge on any atom is -0.459 e. The zero-order valence-corrected chi connectivity index (χ0v) is 15.0. The van der Waals surface area contributed by atoms with Gasteiger partial charge in [0.25, 0.3) is 5.91 Å². The Balaban J connectivity index is 1.68. The molecule has 1 aromatic carbocycles. The van der Waals surface area contributed by atoms with Crippen molar-refractivity contribution in [1.29, 1.82) is 0 Å². The van der Waals surface area contributed by atoms with E-state index in [2.05, 4.69) is 21.2 Å². The first-order valence-electron chi connectivity index (χ1n) is 7.96. The number of likely N-dealkylation sites (tertiary alicyclic amines) is 1. The molecule has 2 atom stereocenters. The summed E-state index contributed by atoms with van der Waals surface area (Å²) in [4.78, 5) is 26.7. The average Bonchev–Trinajstić information content (AvgIpc) is 3.25. The van der Waals surface area contributed by atoms with E-state index in [-0.39, 0.29) is 23.6 Å². The fourth-order valence-corrected chi connectivity index (χ4v) is 3.41. The van der Waals surface area contributed by atoms with Gasteiger partial charge in [0.2, 0.25) is 5.91 Å². The second-order valence-corrected chi connectivity index (χ2v) is 6.83. The summed E-state index contributed by atoms with van der Waals surface area (Å²) in [6, 6.07) is 10.5. The molecule has 5 nitrogen and oxygen atoms in total. The third-order valence-electron chi connectivity index (χ3n) is 4.26. The molecule has 0 bridgehead atoms.